The molecule has 1 aliphatic heterocycles. The van der Waals surface area contributed by atoms with Crippen LogP contribution >= 0.6 is 27.3 Å². The van der Waals surface area contributed by atoms with E-state index < -0.39 is 0 Å². The van der Waals surface area contributed by atoms with Gasteiger partial charge in [-0.1, -0.05) is 12.1 Å². The molecule has 2 aromatic rings. The second-order valence-corrected chi connectivity index (χ2v) is 7.05. The molecule has 0 aromatic carbocycles. The Labute approximate surface area is 118 Å². The van der Waals surface area contributed by atoms with Crippen LogP contribution < -0.4 is 5.32 Å². The topological polar surface area (TPSA) is 51.0 Å². The van der Waals surface area contributed by atoms with Crippen molar-refractivity contribution in [2.75, 3.05) is 13.1 Å². The van der Waals surface area contributed by atoms with Crippen LogP contribution in [0.3, 0.4) is 0 Å². The summed E-state index contributed by atoms with van der Waals surface area (Å²) < 4.78 is 6.58. The molecule has 0 aliphatic carbocycles. The molecule has 0 bridgehead atoms. The number of nitrogens with one attached hydrogen (secondary N) is 1. The van der Waals surface area contributed by atoms with E-state index >= 15 is 0 Å². The van der Waals surface area contributed by atoms with E-state index in [2.05, 4.69) is 38.3 Å². The van der Waals surface area contributed by atoms with Crippen LogP contribution in [-0.2, 0) is 5.41 Å². The first-order chi connectivity index (χ1) is 8.73. The van der Waals surface area contributed by atoms with Gasteiger partial charge < -0.3 is 9.84 Å². The van der Waals surface area contributed by atoms with E-state index in [1.165, 1.54) is 0 Å². The van der Waals surface area contributed by atoms with Gasteiger partial charge in [-0.2, -0.15) is 4.98 Å². The second-order valence-electron chi connectivity index (χ2n) is 4.59. The Morgan fingerprint density at radius 1 is 1.56 bits per heavy atom. The number of aromatic nitrogens is 2. The van der Waals surface area contributed by atoms with Crippen LogP contribution in [0.4, 0.5) is 0 Å². The quantitative estimate of drug-likeness (QED) is 0.940. The molecule has 4 nitrogen and oxygen atoms in total. The summed E-state index contributed by atoms with van der Waals surface area (Å²) in [6.07, 6.45) is 2.09. The van der Waals surface area contributed by atoms with Crippen molar-refractivity contribution >= 4 is 27.3 Å². The van der Waals surface area contributed by atoms with E-state index in [9.17, 15) is 0 Å². The Morgan fingerprint density at radius 2 is 2.44 bits per heavy atom. The number of thiophene rings is 1. The lowest BCUT2D eigenvalue weighted by atomic mass is 9.84. The summed E-state index contributed by atoms with van der Waals surface area (Å²) in [6, 6.07) is 4.01. The van der Waals surface area contributed by atoms with Crippen molar-refractivity contribution in [1.82, 2.24) is 15.5 Å². The molecule has 18 heavy (non-hydrogen) atoms. The molecular weight excluding hydrogens is 314 g/mol. The molecule has 0 spiro atoms. The second kappa shape index (κ2) is 4.75. The third kappa shape index (κ3) is 2.02. The van der Waals surface area contributed by atoms with Gasteiger partial charge in [-0.15, -0.1) is 11.3 Å². The summed E-state index contributed by atoms with van der Waals surface area (Å²) >= 11 is 5.07. The van der Waals surface area contributed by atoms with Crippen molar-refractivity contribution in [3.63, 3.8) is 0 Å². The summed E-state index contributed by atoms with van der Waals surface area (Å²) in [5.74, 6) is 1.47. The first-order valence-corrected chi connectivity index (χ1v) is 7.65. The Kier molecular flexibility index (Phi) is 3.25. The number of nitrogens with zero attached hydrogens (tertiary/aromatic N) is 2. The predicted octanol–water partition coefficient (Wildman–Crippen LogP) is 3.20. The van der Waals surface area contributed by atoms with Crippen LogP contribution in [-0.4, -0.2) is 23.2 Å². The molecule has 1 unspecified atom stereocenters. The lowest BCUT2D eigenvalue weighted by Crippen LogP contribution is -2.28. The molecule has 0 amide bonds. The van der Waals surface area contributed by atoms with Gasteiger partial charge in [0.1, 0.15) is 0 Å². The number of hydrogen-bond donors (Lipinski definition) is 1. The Bertz CT molecular complexity index is 545. The third-order valence-electron chi connectivity index (χ3n) is 3.59. The zero-order valence-corrected chi connectivity index (χ0v) is 12.5. The number of hydrogen-bond acceptors (Lipinski definition) is 5. The Hall–Kier alpha value is -0.720. The minimum Gasteiger partial charge on any atom is -0.338 e. The number of rotatable bonds is 3. The molecule has 3 rings (SSSR count). The summed E-state index contributed by atoms with van der Waals surface area (Å²) in [7, 11) is 0. The molecule has 3 heterocycles. The molecule has 1 aliphatic rings. The van der Waals surface area contributed by atoms with Gasteiger partial charge in [-0.05, 0) is 47.4 Å². The van der Waals surface area contributed by atoms with Crippen molar-refractivity contribution in [2.45, 2.75) is 25.2 Å². The van der Waals surface area contributed by atoms with E-state index in [0.717, 1.165) is 40.5 Å². The minimum atomic E-state index is 0.0275. The maximum atomic E-state index is 5.50. The minimum absolute atomic E-state index is 0.0275. The summed E-state index contributed by atoms with van der Waals surface area (Å²) in [5, 5.41) is 7.50. The Balaban J connectivity index is 1.93. The normalized spacial score (nSPS) is 23.7. The van der Waals surface area contributed by atoms with Crippen molar-refractivity contribution in [2.24, 2.45) is 0 Å². The lowest BCUT2D eigenvalue weighted by Gasteiger charge is -2.20. The van der Waals surface area contributed by atoms with E-state index in [0.29, 0.717) is 5.82 Å². The molecule has 1 fully saturated rings. The van der Waals surface area contributed by atoms with Gasteiger partial charge in [0.25, 0.3) is 0 Å². The Morgan fingerprint density at radius 3 is 3.06 bits per heavy atom. The van der Waals surface area contributed by atoms with Gasteiger partial charge >= 0.3 is 0 Å². The highest BCUT2D eigenvalue weighted by Gasteiger charge is 2.39. The van der Waals surface area contributed by atoms with Crippen LogP contribution in [0.5, 0.6) is 0 Å². The average molecular weight is 328 g/mol. The summed E-state index contributed by atoms with van der Waals surface area (Å²) in [5.41, 5.74) is 0.0275. The molecule has 0 saturated carbocycles. The number of halogens is 1. The highest BCUT2D eigenvalue weighted by Crippen LogP contribution is 2.35. The largest absolute Gasteiger partial charge is 0.338 e. The molecule has 96 valence electrons. The molecule has 2 aromatic heterocycles. The van der Waals surface area contributed by atoms with Crippen LogP contribution in [0.25, 0.3) is 10.7 Å². The van der Waals surface area contributed by atoms with Gasteiger partial charge in [-0.25, -0.2) is 0 Å². The fraction of sp³-hybridized carbons (Fsp3) is 0.500. The standard InChI is InChI=1S/C12H14BrN3OS/c1-2-12(5-6-14-7-12)11-15-10(16-17-11)8-3-4-9(13)18-8/h3-4,14H,2,5-7H2,1H3. The summed E-state index contributed by atoms with van der Waals surface area (Å²) in [6.45, 7) is 4.13. The molecule has 1 saturated heterocycles. The summed E-state index contributed by atoms with van der Waals surface area (Å²) in [4.78, 5) is 5.63. The highest BCUT2D eigenvalue weighted by atomic mass is 79.9. The molecule has 6 heteroatoms. The van der Waals surface area contributed by atoms with Gasteiger partial charge in [-0.3, -0.25) is 0 Å². The average Bonchev–Trinajstić information content (AvgIpc) is 3.08. The monoisotopic (exact) mass is 327 g/mol. The fourth-order valence-electron chi connectivity index (χ4n) is 2.35. The van der Waals surface area contributed by atoms with Crippen molar-refractivity contribution < 1.29 is 4.52 Å². The first-order valence-electron chi connectivity index (χ1n) is 6.04. The fourth-order valence-corrected chi connectivity index (χ4v) is 3.66. The van der Waals surface area contributed by atoms with E-state index in [1.54, 1.807) is 11.3 Å². The predicted molar refractivity (Wildman–Crippen MR) is 74.8 cm³/mol. The van der Waals surface area contributed by atoms with E-state index in [4.69, 9.17) is 4.52 Å². The van der Waals surface area contributed by atoms with Gasteiger partial charge in [0.2, 0.25) is 11.7 Å². The first kappa shape index (κ1) is 12.3. The van der Waals surface area contributed by atoms with Crippen molar-refractivity contribution in [3.05, 3.63) is 21.8 Å². The van der Waals surface area contributed by atoms with Crippen LogP contribution in [0.2, 0.25) is 0 Å². The lowest BCUT2D eigenvalue weighted by molar-refractivity contribution is 0.285. The SMILES string of the molecule is CCC1(c2nc(-c3ccc(Br)s3)no2)CCNC1. The van der Waals surface area contributed by atoms with Crippen molar-refractivity contribution in [1.29, 1.82) is 0 Å². The highest BCUT2D eigenvalue weighted by molar-refractivity contribution is 9.11. The van der Waals surface area contributed by atoms with Crippen LogP contribution in [0.15, 0.2) is 20.4 Å². The zero-order chi connectivity index (χ0) is 12.6. The maximum absolute atomic E-state index is 5.50. The van der Waals surface area contributed by atoms with Gasteiger partial charge in [0.15, 0.2) is 0 Å². The van der Waals surface area contributed by atoms with Gasteiger partial charge in [0.05, 0.1) is 14.1 Å². The molecule has 0 radical (unpaired) electrons. The van der Waals surface area contributed by atoms with Crippen molar-refractivity contribution in [3.8, 4) is 10.7 Å². The van der Waals surface area contributed by atoms with Gasteiger partial charge in [0, 0.05) is 6.54 Å². The molecular formula is C12H14BrN3OS. The molecule has 1 atom stereocenters. The van der Waals surface area contributed by atoms with Crippen LogP contribution in [0.1, 0.15) is 25.7 Å². The molecule has 1 N–H and O–H groups in total. The zero-order valence-electron chi connectivity index (χ0n) is 10.1. The smallest absolute Gasteiger partial charge is 0.234 e. The van der Waals surface area contributed by atoms with E-state index in [1.807, 2.05) is 12.1 Å². The maximum Gasteiger partial charge on any atom is 0.234 e. The third-order valence-corrected chi connectivity index (χ3v) is 5.21. The van der Waals surface area contributed by atoms with Crippen LogP contribution in [0, 0.1) is 0 Å². The van der Waals surface area contributed by atoms with E-state index in [-0.39, 0.29) is 5.41 Å².